The SMILES string of the molecule is C[C@H](c1ccccn1)N(C(=O)c1cccs1)C1CC1. The van der Waals surface area contributed by atoms with Crippen LogP contribution in [0.2, 0.25) is 0 Å². The van der Waals surface area contributed by atoms with Gasteiger partial charge in [0.2, 0.25) is 0 Å². The number of thiophene rings is 1. The Morgan fingerprint density at radius 2 is 2.21 bits per heavy atom. The summed E-state index contributed by atoms with van der Waals surface area (Å²) in [7, 11) is 0. The lowest BCUT2D eigenvalue weighted by molar-refractivity contribution is 0.0675. The second-order valence-electron chi connectivity index (χ2n) is 4.85. The van der Waals surface area contributed by atoms with E-state index in [9.17, 15) is 4.79 Å². The van der Waals surface area contributed by atoms with Crippen LogP contribution >= 0.6 is 11.3 Å². The highest BCUT2D eigenvalue weighted by Crippen LogP contribution is 2.35. The first-order valence-electron chi connectivity index (χ1n) is 6.54. The molecule has 1 amide bonds. The van der Waals surface area contributed by atoms with Crippen LogP contribution in [-0.4, -0.2) is 21.8 Å². The molecule has 19 heavy (non-hydrogen) atoms. The van der Waals surface area contributed by atoms with Crippen molar-refractivity contribution in [2.24, 2.45) is 0 Å². The molecule has 1 atom stereocenters. The zero-order valence-electron chi connectivity index (χ0n) is 10.8. The van der Waals surface area contributed by atoms with E-state index in [2.05, 4.69) is 11.9 Å². The molecule has 0 unspecified atom stereocenters. The molecule has 0 saturated heterocycles. The first-order chi connectivity index (χ1) is 9.27. The van der Waals surface area contributed by atoms with E-state index in [1.54, 1.807) is 6.20 Å². The number of rotatable bonds is 4. The largest absolute Gasteiger partial charge is 0.327 e. The maximum Gasteiger partial charge on any atom is 0.264 e. The lowest BCUT2D eigenvalue weighted by Gasteiger charge is -2.28. The van der Waals surface area contributed by atoms with Crippen molar-refractivity contribution in [3.8, 4) is 0 Å². The molecule has 4 heteroatoms. The summed E-state index contributed by atoms with van der Waals surface area (Å²) in [5, 5.41) is 1.95. The quantitative estimate of drug-likeness (QED) is 0.853. The number of pyridine rings is 1. The van der Waals surface area contributed by atoms with Crippen LogP contribution in [-0.2, 0) is 0 Å². The molecular formula is C15H16N2OS. The van der Waals surface area contributed by atoms with Gasteiger partial charge in [0.1, 0.15) is 0 Å². The van der Waals surface area contributed by atoms with E-state index in [4.69, 9.17) is 0 Å². The zero-order chi connectivity index (χ0) is 13.2. The van der Waals surface area contributed by atoms with E-state index in [1.165, 1.54) is 11.3 Å². The Hall–Kier alpha value is -1.68. The van der Waals surface area contributed by atoms with Crippen molar-refractivity contribution in [2.45, 2.75) is 31.8 Å². The van der Waals surface area contributed by atoms with Gasteiger partial charge in [0, 0.05) is 12.2 Å². The van der Waals surface area contributed by atoms with Crippen molar-refractivity contribution in [2.75, 3.05) is 0 Å². The minimum atomic E-state index is 0.0308. The second kappa shape index (κ2) is 5.13. The van der Waals surface area contributed by atoms with Gasteiger partial charge in [-0.15, -0.1) is 11.3 Å². The van der Waals surface area contributed by atoms with Gasteiger partial charge in [0.25, 0.3) is 5.91 Å². The topological polar surface area (TPSA) is 33.2 Å². The van der Waals surface area contributed by atoms with Crippen LogP contribution in [0.1, 0.15) is 41.2 Å². The Morgan fingerprint density at radius 1 is 1.37 bits per heavy atom. The number of carbonyl (C=O) groups excluding carboxylic acids is 1. The molecule has 0 radical (unpaired) electrons. The molecular weight excluding hydrogens is 256 g/mol. The van der Waals surface area contributed by atoms with Crippen molar-refractivity contribution >= 4 is 17.2 Å². The molecule has 2 heterocycles. The Balaban J connectivity index is 1.87. The summed E-state index contributed by atoms with van der Waals surface area (Å²) in [6, 6.07) is 10.1. The molecule has 0 aromatic carbocycles. The predicted octanol–water partition coefficient (Wildman–Crippen LogP) is 3.51. The van der Waals surface area contributed by atoms with Crippen molar-refractivity contribution in [3.05, 3.63) is 52.5 Å². The third-order valence-corrected chi connectivity index (χ3v) is 4.30. The smallest absolute Gasteiger partial charge is 0.264 e. The van der Waals surface area contributed by atoms with Gasteiger partial charge in [-0.3, -0.25) is 9.78 Å². The fourth-order valence-electron chi connectivity index (χ4n) is 2.30. The third kappa shape index (κ3) is 2.54. The zero-order valence-corrected chi connectivity index (χ0v) is 11.6. The maximum atomic E-state index is 12.6. The molecule has 3 nitrogen and oxygen atoms in total. The van der Waals surface area contributed by atoms with Gasteiger partial charge in [0.05, 0.1) is 16.6 Å². The van der Waals surface area contributed by atoms with Crippen LogP contribution in [0.25, 0.3) is 0 Å². The molecule has 1 aliphatic carbocycles. The summed E-state index contributed by atoms with van der Waals surface area (Å²) in [5.74, 6) is 0.135. The molecule has 0 spiro atoms. The lowest BCUT2D eigenvalue weighted by Crippen LogP contribution is -2.35. The van der Waals surface area contributed by atoms with E-state index in [0.717, 1.165) is 23.4 Å². The van der Waals surface area contributed by atoms with Crippen molar-refractivity contribution < 1.29 is 4.79 Å². The first-order valence-corrected chi connectivity index (χ1v) is 7.42. The molecule has 2 aromatic rings. The first kappa shape index (κ1) is 12.4. The van der Waals surface area contributed by atoms with Gasteiger partial charge < -0.3 is 4.90 Å². The van der Waals surface area contributed by atoms with Gasteiger partial charge in [-0.2, -0.15) is 0 Å². The van der Waals surface area contributed by atoms with E-state index >= 15 is 0 Å². The lowest BCUT2D eigenvalue weighted by atomic mass is 10.1. The number of nitrogens with zero attached hydrogens (tertiary/aromatic N) is 2. The van der Waals surface area contributed by atoms with Crippen molar-refractivity contribution in [3.63, 3.8) is 0 Å². The summed E-state index contributed by atoms with van der Waals surface area (Å²) in [4.78, 5) is 19.8. The van der Waals surface area contributed by atoms with Crippen LogP contribution < -0.4 is 0 Å². The molecule has 0 N–H and O–H groups in total. The minimum Gasteiger partial charge on any atom is -0.327 e. The number of hydrogen-bond donors (Lipinski definition) is 0. The third-order valence-electron chi connectivity index (χ3n) is 3.44. The van der Waals surface area contributed by atoms with Gasteiger partial charge in [-0.1, -0.05) is 12.1 Å². The summed E-state index contributed by atoms with van der Waals surface area (Å²) in [6.07, 6.45) is 4.00. The monoisotopic (exact) mass is 272 g/mol. The van der Waals surface area contributed by atoms with E-state index < -0.39 is 0 Å². The van der Waals surface area contributed by atoms with Gasteiger partial charge in [0.15, 0.2) is 0 Å². The molecule has 1 saturated carbocycles. The van der Waals surface area contributed by atoms with Crippen LogP contribution in [0, 0.1) is 0 Å². The second-order valence-corrected chi connectivity index (χ2v) is 5.80. The Bertz CT molecular complexity index is 549. The normalized spacial score (nSPS) is 16.1. The molecule has 3 rings (SSSR count). The Kier molecular flexibility index (Phi) is 3.34. The van der Waals surface area contributed by atoms with E-state index in [-0.39, 0.29) is 11.9 Å². The average molecular weight is 272 g/mol. The summed E-state index contributed by atoms with van der Waals surface area (Å²) >= 11 is 1.51. The number of aromatic nitrogens is 1. The molecule has 2 aromatic heterocycles. The minimum absolute atomic E-state index is 0.0308. The number of carbonyl (C=O) groups is 1. The van der Waals surface area contributed by atoms with Crippen molar-refractivity contribution in [1.29, 1.82) is 0 Å². The van der Waals surface area contributed by atoms with E-state index in [1.807, 2.05) is 40.6 Å². The van der Waals surface area contributed by atoms with E-state index in [0.29, 0.717) is 6.04 Å². The van der Waals surface area contributed by atoms with Crippen LogP contribution in [0.3, 0.4) is 0 Å². The molecule has 1 fully saturated rings. The summed E-state index contributed by atoms with van der Waals surface area (Å²) in [5.41, 5.74) is 0.958. The van der Waals surface area contributed by atoms with Crippen LogP contribution in [0.4, 0.5) is 0 Å². The Labute approximate surface area is 116 Å². The predicted molar refractivity (Wildman–Crippen MR) is 76.2 cm³/mol. The molecule has 0 aliphatic heterocycles. The summed E-state index contributed by atoms with van der Waals surface area (Å²) < 4.78 is 0. The van der Waals surface area contributed by atoms with Gasteiger partial charge in [-0.25, -0.2) is 0 Å². The Morgan fingerprint density at radius 3 is 2.79 bits per heavy atom. The highest BCUT2D eigenvalue weighted by molar-refractivity contribution is 7.12. The molecule has 0 bridgehead atoms. The highest BCUT2D eigenvalue weighted by Gasteiger charge is 2.37. The standard InChI is InChI=1S/C15H16N2OS/c1-11(13-5-2-3-9-16-13)17(12-7-8-12)15(18)14-6-4-10-19-14/h2-6,9-12H,7-8H2,1H3/t11-/m1/s1. The van der Waals surface area contributed by atoms with Gasteiger partial charge in [-0.05, 0) is 43.3 Å². The van der Waals surface area contributed by atoms with Crippen LogP contribution in [0.15, 0.2) is 41.9 Å². The fourth-order valence-corrected chi connectivity index (χ4v) is 2.97. The number of hydrogen-bond acceptors (Lipinski definition) is 3. The highest BCUT2D eigenvalue weighted by atomic mass is 32.1. The van der Waals surface area contributed by atoms with Gasteiger partial charge >= 0.3 is 0 Å². The molecule has 1 aliphatic rings. The summed E-state index contributed by atoms with van der Waals surface area (Å²) in [6.45, 7) is 2.06. The van der Waals surface area contributed by atoms with Crippen molar-refractivity contribution in [1.82, 2.24) is 9.88 Å². The average Bonchev–Trinajstić information content (AvgIpc) is 3.12. The number of amides is 1. The molecule has 98 valence electrons. The fraction of sp³-hybridized carbons (Fsp3) is 0.333. The van der Waals surface area contributed by atoms with Crippen LogP contribution in [0.5, 0.6) is 0 Å². The maximum absolute atomic E-state index is 12.6.